The number of pyridine rings is 1. The summed E-state index contributed by atoms with van der Waals surface area (Å²) in [5, 5.41) is 10.6. The Kier molecular flexibility index (Phi) is 4.86. The Morgan fingerprint density at radius 3 is 2.55 bits per heavy atom. The van der Waals surface area contributed by atoms with Crippen LogP contribution in [0.25, 0.3) is 0 Å². The van der Waals surface area contributed by atoms with Crippen LogP contribution in [0.15, 0.2) is 36.4 Å². The number of benzene rings is 1. The van der Waals surface area contributed by atoms with Gasteiger partial charge in [0.1, 0.15) is 10.3 Å². The van der Waals surface area contributed by atoms with Gasteiger partial charge < -0.3 is 10.0 Å². The fourth-order valence-electron chi connectivity index (χ4n) is 2.09. The number of aromatic nitrogens is 1. The van der Waals surface area contributed by atoms with Crippen LogP contribution in [0, 0.1) is 0 Å². The van der Waals surface area contributed by atoms with E-state index in [1.807, 2.05) is 42.3 Å². The molecule has 20 heavy (non-hydrogen) atoms. The maximum Gasteiger partial charge on any atom is 0.135 e. The zero-order chi connectivity index (χ0) is 14.7. The summed E-state index contributed by atoms with van der Waals surface area (Å²) in [7, 11) is 1.95. The number of rotatable bonds is 4. The zero-order valence-electron chi connectivity index (χ0n) is 11.3. The highest BCUT2D eigenvalue weighted by Crippen LogP contribution is 2.27. The highest BCUT2D eigenvalue weighted by Gasteiger charge is 2.13. The second-order valence-electron chi connectivity index (χ2n) is 4.67. The molecule has 0 saturated heterocycles. The number of aliphatic hydroxyl groups is 1. The average Bonchev–Trinajstić information content (AvgIpc) is 2.41. The van der Waals surface area contributed by atoms with Crippen LogP contribution in [0.1, 0.15) is 24.2 Å². The van der Waals surface area contributed by atoms with E-state index in [-0.39, 0.29) is 0 Å². The topological polar surface area (TPSA) is 36.4 Å². The van der Waals surface area contributed by atoms with Crippen LogP contribution >= 0.6 is 23.2 Å². The van der Waals surface area contributed by atoms with E-state index in [1.54, 1.807) is 13.0 Å². The Hall–Kier alpha value is -1.29. The summed E-state index contributed by atoms with van der Waals surface area (Å²) < 4.78 is 0. The van der Waals surface area contributed by atoms with Gasteiger partial charge in [0.2, 0.25) is 0 Å². The Bertz CT molecular complexity index is 602. The number of anilines is 1. The van der Waals surface area contributed by atoms with Crippen LogP contribution in [0.3, 0.4) is 0 Å². The van der Waals surface area contributed by atoms with Crippen LogP contribution in [-0.2, 0) is 6.54 Å². The minimum absolute atomic E-state index is 0.380. The van der Waals surface area contributed by atoms with Gasteiger partial charge in [-0.25, -0.2) is 4.98 Å². The Morgan fingerprint density at radius 1 is 1.20 bits per heavy atom. The summed E-state index contributed by atoms with van der Waals surface area (Å²) in [6, 6.07) is 11.3. The highest BCUT2D eigenvalue weighted by atomic mass is 35.5. The lowest BCUT2D eigenvalue weighted by Gasteiger charge is -2.24. The van der Waals surface area contributed by atoms with Crippen molar-refractivity contribution in [3.63, 3.8) is 0 Å². The number of aliphatic hydroxyl groups excluding tert-OH is 1. The number of para-hydroxylation sites is 1. The molecule has 2 rings (SSSR count). The molecule has 0 aliphatic heterocycles. The Balaban J connectivity index is 2.26. The molecule has 3 nitrogen and oxygen atoms in total. The minimum atomic E-state index is -0.521. The van der Waals surface area contributed by atoms with Gasteiger partial charge in [-0.2, -0.15) is 0 Å². The van der Waals surface area contributed by atoms with Gasteiger partial charge in [0, 0.05) is 30.4 Å². The maximum absolute atomic E-state index is 9.83. The normalized spacial score (nSPS) is 12.2. The van der Waals surface area contributed by atoms with E-state index in [0.717, 1.165) is 16.8 Å². The molecule has 0 radical (unpaired) electrons. The number of hydrogen-bond acceptors (Lipinski definition) is 3. The molecule has 0 bridgehead atoms. The van der Waals surface area contributed by atoms with Crippen molar-refractivity contribution in [1.29, 1.82) is 0 Å². The van der Waals surface area contributed by atoms with E-state index < -0.39 is 6.10 Å². The van der Waals surface area contributed by atoms with E-state index >= 15 is 0 Å². The smallest absolute Gasteiger partial charge is 0.135 e. The van der Waals surface area contributed by atoms with Crippen LogP contribution in [-0.4, -0.2) is 17.1 Å². The van der Waals surface area contributed by atoms with Crippen LogP contribution in [0.2, 0.25) is 10.3 Å². The van der Waals surface area contributed by atoms with Gasteiger partial charge in [-0.05, 0) is 19.1 Å². The van der Waals surface area contributed by atoms with Gasteiger partial charge in [-0.15, -0.1) is 0 Å². The molecule has 5 heteroatoms. The molecule has 0 saturated carbocycles. The van der Waals surface area contributed by atoms with Crippen molar-refractivity contribution in [2.24, 2.45) is 0 Å². The van der Waals surface area contributed by atoms with Crippen molar-refractivity contribution in [2.45, 2.75) is 19.6 Å². The summed E-state index contributed by atoms with van der Waals surface area (Å²) in [6.45, 7) is 2.34. The first kappa shape index (κ1) is 15.1. The van der Waals surface area contributed by atoms with Crippen molar-refractivity contribution in [3.8, 4) is 0 Å². The van der Waals surface area contributed by atoms with E-state index in [1.165, 1.54) is 0 Å². The molecular formula is C15H16Cl2N2O. The number of halogens is 2. The molecule has 1 heterocycles. The van der Waals surface area contributed by atoms with Crippen molar-refractivity contribution in [3.05, 3.63) is 57.8 Å². The second kappa shape index (κ2) is 6.44. The third kappa shape index (κ3) is 3.42. The molecular weight excluding hydrogens is 295 g/mol. The van der Waals surface area contributed by atoms with E-state index in [2.05, 4.69) is 4.98 Å². The van der Waals surface area contributed by atoms with Crippen LogP contribution in [0.5, 0.6) is 0 Å². The van der Waals surface area contributed by atoms with E-state index in [4.69, 9.17) is 23.2 Å². The first-order valence-electron chi connectivity index (χ1n) is 6.28. The van der Waals surface area contributed by atoms with E-state index in [9.17, 15) is 5.11 Å². The molecule has 1 unspecified atom stereocenters. The Morgan fingerprint density at radius 2 is 1.90 bits per heavy atom. The highest BCUT2D eigenvalue weighted by molar-refractivity contribution is 6.32. The molecule has 2 aromatic rings. The van der Waals surface area contributed by atoms with Gasteiger partial charge in [-0.1, -0.05) is 47.5 Å². The lowest BCUT2D eigenvalue weighted by atomic mass is 10.1. The Labute approximate surface area is 128 Å². The maximum atomic E-state index is 9.83. The molecule has 0 aliphatic carbocycles. The summed E-state index contributed by atoms with van der Waals surface area (Å²) in [5.41, 5.74) is 2.74. The first-order valence-corrected chi connectivity index (χ1v) is 7.03. The third-order valence-electron chi connectivity index (χ3n) is 3.10. The minimum Gasteiger partial charge on any atom is -0.389 e. The lowest BCUT2D eigenvalue weighted by molar-refractivity contribution is 0.199. The fourth-order valence-corrected chi connectivity index (χ4v) is 2.49. The van der Waals surface area contributed by atoms with Gasteiger partial charge in [0.25, 0.3) is 0 Å². The summed E-state index contributed by atoms with van der Waals surface area (Å²) in [5.74, 6) is 0. The summed E-state index contributed by atoms with van der Waals surface area (Å²) in [4.78, 5) is 6.06. The largest absolute Gasteiger partial charge is 0.389 e. The zero-order valence-corrected chi connectivity index (χ0v) is 12.9. The van der Waals surface area contributed by atoms with Crippen molar-refractivity contribution in [2.75, 3.05) is 11.9 Å². The van der Waals surface area contributed by atoms with Crippen molar-refractivity contribution in [1.82, 2.24) is 4.98 Å². The van der Waals surface area contributed by atoms with Crippen molar-refractivity contribution >= 4 is 28.9 Å². The van der Waals surface area contributed by atoms with Gasteiger partial charge >= 0.3 is 0 Å². The fraction of sp³-hybridized carbons (Fsp3) is 0.267. The molecule has 0 amide bonds. The predicted octanol–water partition coefficient (Wildman–Crippen LogP) is 4.08. The lowest BCUT2D eigenvalue weighted by Crippen LogP contribution is -2.19. The molecule has 1 aromatic heterocycles. The van der Waals surface area contributed by atoms with Crippen LogP contribution < -0.4 is 4.90 Å². The van der Waals surface area contributed by atoms with Gasteiger partial charge in [0.05, 0.1) is 6.10 Å². The molecule has 1 atom stereocenters. The predicted molar refractivity (Wildman–Crippen MR) is 83.4 cm³/mol. The monoisotopic (exact) mass is 310 g/mol. The van der Waals surface area contributed by atoms with Gasteiger partial charge in [-0.3, -0.25) is 0 Å². The SMILES string of the molecule is CC(O)c1ccccc1N(C)Cc1ccc(Cl)nc1Cl. The summed E-state index contributed by atoms with van der Waals surface area (Å²) >= 11 is 11.9. The quantitative estimate of drug-likeness (QED) is 0.864. The summed E-state index contributed by atoms with van der Waals surface area (Å²) in [6.07, 6.45) is -0.521. The van der Waals surface area contributed by atoms with Crippen molar-refractivity contribution < 1.29 is 5.11 Å². The number of nitrogens with zero attached hydrogens (tertiary/aromatic N) is 2. The molecule has 106 valence electrons. The van der Waals surface area contributed by atoms with E-state index in [0.29, 0.717) is 16.9 Å². The molecule has 1 aromatic carbocycles. The average molecular weight is 311 g/mol. The van der Waals surface area contributed by atoms with Gasteiger partial charge in [0.15, 0.2) is 0 Å². The first-order chi connectivity index (χ1) is 9.49. The third-order valence-corrected chi connectivity index (χ3v) is 3.64. The molecule has 0 fully saturated rings. The van der Waals surface area contributed by atoms with Crippen LogP contribution in [0.4, 0.5) is 5.69 Å². The second-order valence-corrected chi connectivity index (χ2v) is 5.42. The molecule has 0 aliphatic rings. The molecule has 1 N–H and O–H groups in total. The number of hydrogen-bond donors (Lipinski definition) is 1. The molecule has 0 spiro atoms. The standard InChI is InChI=1S/C15H16Cl2N2O/c1-10(20)12-5-3-4-6-13(12)19(2)9-11-7-8-14(16)18-15(11)17/h3-8,10,20H,9H2,1-2H3.